The van der Waals surface area contributed by atoms with Gasteiger partial charge in [-0.15, -0.1) is 10.2 Å². The molecule has 0 bridgehead atoms. The summed E-state index contributed by atoms with van der Waals surface area (Å²) in [6.45, 7) is 4.53. The Morgan fingerprint density at radius 2 is 1.02 bits per heavy atom. The van der Waals surface area contributed by atoms with Crippen molar-refractivity contribution >= 4 is 76.3 Å². The molecule has 3 aromatic heterocycles. The number of fused-ring (bicyclic) bond motifs is 9. The number of hydrogen-bond donors (Lipinski definition) is 2. The van der Waals surface area contributed by atoms with Crippen LogP contribution in [0.25, 0.3) is 98.0 Å². The van der Waals surface area contributed by atoms with Gasteiger partial charge in [0.05, 0.1) is 22.6 Å². The van der Waals surface area contributed by atoms with E-state index < -0.39 is 0 Å². The van der Waals surface area contributed by atoms with Gasteiger partial charge in [-0.05, 0) is 120 Å². The summed E-state index contributed by atoms with van der Waals surface area (Å²) < 4.78 is 0. The topological polar surface area (TPSA) is 101 Å². The fourth-order valence-corrected chi connectivity index (χ4v) is 11.1. The minimum Gasteiger partial charge on any atom is -0.292 e. The van der Waals surface area contributed by atoms with Crippen molar-refractivity contribution in [1.82, 2.24) is 20.2 Å². The predicted molar refractivity (Wildman–Crippen MR) is 272 cm³/mol. The average Bonchev–Trinajstić information content (AvgIpc) is 3.94. The monoisotopic (exact) mass is 871 g/mol. The van der Waals surface area contributed by atoms with Crippen LogP contribution in [-0.4, -0.2) is 30.3 Å². The standard InChI is InChI=1S/C57H38N6S2/c1-57(2)47-31-35(53(58)64-54(59)51-23-11-21-49(60-51)45-29-33-13-3-5-15-37(33)39-17-7-9-19-41(39)45)25-27-43(47)44-28-26-36(32-48(44)57)55-62-63-56(65-55)52-24-12-22-50(61-52)46-30-34-14-4-6-16-38(34)40-18-8-10-20-42(40)46/h3-32,58-59H,1-2H3/p+1. The molecule has 8 heteroatoms. The van der Waals surface area contributed by atoms with Gasteiger partial charge in [0.2, 0.25) is 5.04 Å². The first-order valence-electron chi connectivity index (χ1n) is 21.6. The summed E-state index contributed by atoms with van der Waals surface area (Å²) in [6, 6.07) is 63.5. The maximum Gasteiger partial charge on any atom is 0.245 e. The lowest BCUT2D eigenvalue weighted by molar-refractivity contribution is -0.107. The van der Waals surface area contributed by atoms with E-state index in [1.54, 1.807) is 11.3 Å². The van der Waals surface area contributed by atoms with Crippen LogP contribution >= 0.6 is 23.1 Å². The van der Waals surface area contributed by atoms with E-state index in [4.69, 9.17) is 25.9 Å². The molecule has 0 aliphatic heterocycles. The average molecular weight is 872 g/mol. The van der Waals surface area contributed by atoms with Gasteiger partial charge < -0.3 is 0 Å². The summed E-state index contributed by atoms with van der Waals surface area (Å²) in [4.78, 5) is 10.2. The molecule has 6 nitrogen and oxygen atoms in total. The normalized spacial score (nSPS) is 12.8. The highest BCUT2D eigenvalue weighted by Gasteiger charge is 2.36. The van der Waals surface area contributed by atoms with Gasteiger partial charge in [0.15, 0.2) is 5.01 Å². The molecule has 1 aliphatic rings. The molecule has 3 heterocycles. The van der Waals surface area contributed by atoms with Crippen LogP contribution in [0.4, 0.5) is 0 Å². The first-order valence-corrected chi connectivity index (χ1v) is 23.2. The zero-order chi connectivity index (χ0) is 43.8. The summed E-state index contributed by atoms with van der Waals surface area (Å²) >= 11 is 2.80. The minimum atomic E-state index is -0.306. The molecule has 0 atom stereocenters. The molecule has 0 saturated carbocycles. The van der Waals surface area contributed by atoms with Crippen LogP contribution < -0.4 is 5.41 Å². The Kier molecular flexibility index (Phi) is 9.15. The molecule has 65 heavy (non-hydrogen) atoms. The lowest BCUT2D eigenvalue weighted by Gasteiger charge is -2.22. The van der Waals surface area contributed by atoms with E-state index in [9.17, 15) is 0 Å². The van der Waals surface area contributed by atoms with Crippen LogP contribution in [0.5, 0.6) is 0 Å². The molecule has 0 saturated heterocycles. The van der Waals surface area contributed by atoms with Crippen LogP contribution in [0.2, 0.25) is 0 Å². The van der Waals surface area contributed by atoms with E-state index in [0.717, 1.165) is 60.1 Å². The smallest absolute Gasteiger partial charge is 0.245 e. The van der Waals surface area contributed by atoms with Gasteiger partial charge in [-0.3, -0.25) is 5.41 Å². The highest BCUT2D eigenvalue weighted by atomic mass is 32.2. The molecule has 0 amide bonds. The SMILES string of the molecule is CC1(C)c2cc(C(=[NH2+])SC(=N)c3cccc(-c4cc5ccccc5c5ccccc45)n3)ccc2-c2ccc(-c3nnc(-c4cccc(-c5cc6ccccc6c6ccccc56)n4)s3)cc21. The summed E-state index contributed by atoms with van der Waals surface area (Å²) in [5.41, 5.74) is 11.6. The lowest BCUT2D eigenvalue weighted by Crippen LogP contribution is -2.39. The van der Waals surface area contributed by atoms with E-state index in [0.29, 0.717) is 15.8 Å². The number of rotatable bonds is 6. The zero-order valence-corrected chi connectivity index (χ0v) is 37.1. The third kappa shape index (κ3) is 6.56. The molecule has 1 aliphatic carbocycles. The second-order valence-corrected chi connectivity index (χ2v) is 19.1. The van der Waals surface area contributed by atoms with Gasteiger partial charge >= 0.3 is 0 Å². The fraction of sp³-hybridized carbons (Fsp3) is 0.0526. The summed E-state index contributed by atoms with van der Waals surface area (Å²) in [7, 11) is 0. The van der Waals surface area contributed by atoms with E-state index in [2.05, 4.69) is 177 Å². The first kappa shape index (κ1) is 39.0. The Balaban J connectivity index is 0.798. The number of thioether (sulfide) groups is 1. The van der Waals surface area contributed by atoms with Gasteiger partial charge in [0, 0.05) is 33.9 Å². The highest BCUT2D eigenvalue weighted by Crippen LogP contribution is 2.50. The van der Waals surface area contributed by atoms with Crippen molar-refractivity contribution in [1.29, 1.82) is 5.41 Å². The third-order valence-electron chi connectivity index (χ3n) is 12.9. The maximum atomic E-state index is 9.15. The second-order valence-electron chi connectivity index (χ2n) is 17.1. The molecular formula is C57H39N6S2+. The van der Waals surface area contributed by atoms with Gasteiger partial charge in [-0.2, -0.15) is 0 Å². The second kappa shape index (κ2) is 15.3. The summed E-state index contributed by atoms with van der Waals surface area (Å²) in [5, 5.41) is 37.3. The predicted octanol–water partition coefficient (Wildman–Crippen LogP) is 13.2. The van der Waals surface area contributed by atoms with Crippen LogP contribution in [0.3, 0.4) is 0 Å². The molecule has 0 unspecified atom stereocenters. The Labute approximate surface area is 383 Å². The highest BCUT2D eigenvalue weighted by molar-refractivity contribution is 8.27. The Morgan fingerprint density at radius 3 is 1.68 bits per heavy atom. The third-order valence-corrected chi connectivity index (χ3v) is 14.7. The number of nitrogens with zero attached hydrogens (tertiary/aromatic N) is 4. The minimum absolute atomic E-state index is 0.294. The number of nitrogens with one attached hydrogen (secondary N) is 1. The maximum absolute atomic E-state index is 9.15. The Hall–Kier alpha value is -7.65. The van der Waals surface area contributed by atoms with Gasteiger partial charge in [0.25, 0.3) is 0 Å². The summed E-state index contributed by atoms with van der Waals surface area (Å²) in [5.74, 6) is 0. The molecule has 8 aromatic carbocycles. The van der Waals surface area contributed by atoms with E-state index in [1.807, 2.05) is 24.3 Å². The van der Waals surface area contributed by atoms with E-state index >= 15 is 0 Å². The number of hydrogen-bond acceptors (Lipinski definition) is 7. The number of pyridine rings is 2. The first-order chi connectivity index (χ1) is 31.8. The van der Waals surface area contributed by atoms with Crippen molar-refractivity contribution in [3.8, 4) is 54.9 Å². The van der Waals surface area contributed by atoms with Crippen molar-refractivity contribution in [3.05, 3.63) is 204 Å². The zero-order valence-electron chi connectivity index (χ0n) is 35.5. The van der Waals surface area contributed by atoms with Crippen LogP contribution in [0, 0.1) is 5.41 Å². The van der Waals surface area contributed by atoms with Crippen LogP contribution in [-0.2, 0) is 5.41 Å². The van der Waals surface area contributed by atoms with Gasteiger partial charge in [-0.25, -0.2) is 15.4 Å². The van der Waals surface area contributed by atoms with E-state index in [1.165, 1.54) is 66.3 Å². The molecule has 0 radical (unpaired) electrons. The van der Waals surface area contributed by atoms with Crippen molar-refractivity contribution in [2.75, 3.05) is 0 Å². The van der Waals surface area contributed by atoms with Crippen LogP contribution in [0.1, 0.15) is 36.2 Å². The molecule has 12 rings (SSSR count). The molecule has 0 spiro atoms. The van der Waals surface area contributed by atoms with Crippen molar-refractivity contribution in [2.45, 2.75) is 19.3 Å². The van der Waals surface area contributed by atoms with Crippen molar-refractivity contribution in [2.24, 2.45) is 0 Å². The number of nitrogens with two attached hydrogens (primary N) is 1. The molecule has 3 N–H and O–H groups in total. The van der Waals surface area contributed by atoms with Gasteiger partial charge in [-0.1, -0.05) is 153 Å². The Morgan fingerprint density at radius 1 is 0.492 bits per heavy atom. The molecule has 0 fully saturated rings. The van der Waals surface area contributed by atoms with E-state index in [-0.39, 0.29) is 5.41 Å². The van der Waals surface area contributed by atoms with Gasteiger partial charge in [0.1, 0.15) is 15.7 Å². The van der Waals surface area contributed by atoms with Crippen molar-refractivity contribution in [3.63, 3.8) is 0 Å². The summed E-state index contributed by atoms with van der Waals surface area (Å²) in [6.07, 6.45) is 0. The quantitative estimate of drug-likeness (QED) is 0.0984. The van der Waals surface area contributed by atoms with Crippen molar-refractivity contribution < 1.29 is 5.41 Å². The van der Waals surface area contributed by atoms with Crippen LogP contribution in [0.15, 0.2) is 182 Å². The number of benzene rings is 8. The largest absolute Gasteiger partial charge is 0.292 e. The fourth-order valence-electron chi connectivity index (χ4n) is 9.64. The molecule has 308 valence electrons. The number of aromatic nitrogens is 4. The molecular weight excluding hydrogens is 833 g/mol. The molecule has 11 aromatic rings. The lowest BCUT2D eigenvalue weighted by atomic mass is 9.81. The Bertz CT molecular complexity index is 3790.